The van der Waals surface area contributed by atoms with Gasteiger partial charge in [-0.25, -0.2) is 0 Å². The van der Waals surface area contributed by atoms with Gasteiger partial charge in [-0.2, -0.15) is 0 Å². The Hall–Kier alpha value is -2.59. The first kappa shape index (κ1) is 20.2. The van der Waals surface area contributed by atoms with Gasteiger partial charge in [0, 0.05) is 24.2 Å². The number of amides is 2. The Bertz CT molecular complexity index is 872. The molecule has 1 N–H and O–H groups in total. The second-order valence-electron chi connectivity index (χ2n) is 7.08. The summed E-state index contributed by atoms with van der Waals surface area (Å²) in [4.78, 5) is 26.9. The predicted molar refractivity (Wildman–Crippen MR) is 115 cm³/mol. The third kappa shape index (κ3) is 5.02. The van der Waals surface area contributed by atoms with E-state index in [1.54, 1.807) is 31.3 Å². The van der Waals surface area contributed by atoms with Crippen LogP contribution in [0.1, 0.15) is 48.0 Å². The van der Waals surface area contributed by atoms with Gasteiger partial charge in [-0.1, -0.05) is 61.2 Å². The fraction of sp³-hybridized carbons (Fsp3) is 0.304. The Balaban J connectivity index is 1.74. The van der Waals surface area contributed by atoms with Crippen LogP contribution in [0.4, 0.5) is 5.69 Å². The van der Waals surface area contributed by atoms with Crippen molar-refractivity contribution in [1.82, 2.24) is 5.32 Å². The summed E-state index contributed by atoms with van der Waals surface area (Å²) in [7, 11) is 1.67. The SMILES string of the molecule is CN(C(=O)/C=C/c1ccccc1Cl)c1ccccc1C(=O)NC1CCCCC1. The van der Waals surface area contributed by atoms with E-state index in [0.29, 0.717) is 16.3 Å². The topological polar surface area (TPSA) is 49.4 Å². The predicted octanol–water partition coefficient (Wildman–Crippen LogP) is 5.08. The molecule has 1 saturated carbocycles. The molecule has 0 heterocycles. The number of rotatable bonds is 5. The van der Waals surface area contributed by atoms with Gasteiger partial charge in [0.05, 0.1) is 11.3 Å². The van der Waals surface area contributed by atoms with Gasteiger partial charge >= 0.3 is 0 Å². The molecule has 28 heavy (non-hydrogen) atoms. The first-order valence-corrected chi connectivity index (χ1v) is 10.0. The molecule has 1 aliphatic carbocycles. The number of hydrogen-bond donors (Lipinski definition) is 1. The van der Waals surface area contributed by atoms with Gasteiger partial charge in [0.15, 0.2) is 0 Å². The lowest BCUT2D eigenvalue weighted by Crippen LogP contribution is -2.37. The van der Waals surface area contributed by atoms with E-state index in [1.165, 1.54) is 17.4 Å². The number of carbonyl (C=O) groups excluding carboxylic acids is 2. The highest BCUT2D eigenvalue weighted by molar-refractivity contribution is 6.32. The molecule has 2 amide bonds. The second-order valence-corrected chi connectivity index (χ2v) is 7.48. The van der Waals surface area contributed by atoms with Crippen molar-refractivity contribution in [3.8, 4) is 0 Å². The van der Waals surface area contributed by atoms with E-state index in [4.69, 9.17) is 11.6 Å². The summed E-state index contributed by atoms with van der Waals surface area (Å²) in [6, 6.07) is 14.7. The highest BCUT2D eigenvalue weighted by Gasteiger charge is 2.21. The van der Waals surface area contributed by atoms with E-state index in [1.807, 2.05) is 30.3 Å². The fourth-order valence-corrected chi connectivity index (χ4v) is 3.67. The van der Waals surface area contributed by atoms with Gasteiger partial charge < -0.3 is 10.2 Å². The van der Waals surface area contributed by atoms with Crippen molar-refractivity contribution < 1.29 is 9.59 Å². The molecular formula is C23H25ClN2O2. The number of hydrogen-bond acceptors (Lipinski definition) is 2. The summed E-state index contributed by atoms with van der Waals surface area (Å²) in [5, 5.41) is 3.71. The molecule has 0 radical (unpaired) electrons. The molecule has 0 unspecified atom stereocenters. The van der Waals surface area contributed by atoms with E-state index in [-0.39, 0.29) is 17.9 Å². The van der Waals surface area contributed by atoms with E-state index < -0.39 is 0 Å². The number of para-hydroxylation sites is 1. The maximum atomic E-state index is 12.8. The van der Waals surface area contributed by atoms with Gasteiger partial charge in [0.1, 0.15) is 0 Å². The molecule has 0 saturated heterocycles. The van der Waals surface area contributed by atoms with Crippen LogP contribution >= 0.6 is 11.6 Å². The molecule has 5 heteroatoms. The van der Waals surface area contributed by atoms with Crippen molar-refractivity contribution in [3.63, 3.8) is 0 Å². The van der Waals surface area contributed by atoms with Gasteiger partial charge in [-0.15, -0.1) is 0 Å². The maximum absolute atomic E-state index is 12.8. The lowest BCUT2D eigenvalue weighted by molar-refractivity contribution is -0.113. The van der Waals surface area contributed by atoms with Crippen molar-refractivity contribution in [1.29, 1.82) is 0 Å². The summed E-state index contributed by atoms with van der Waals surface area (Å²) < 4.78 is 0. The Kier molecular flexibility index (Phi) is 6.88. The first-order valence-electron chi connectivity index (χ1n) is 9.66. The van der Waals surface area contributed by atoms with Gasteiger partial charge in [-0.05, 0) is 42.7 Å². The minimum Gasteiger partial charge on any atom is -0.349 e. The minimum atomic E-state index is -0.224. The molecule has 0 spiro atoms. The van der Waals surface area contributed by atoms with Crippen LogP contribution in [0.25, 0.3) is 6.08 Å². The Morgan fingerprint density at radius 2 is 1.71 bits per heavy atom. The molecule has 4 nitrogen and oxygen atoms in total. The molecule has 0 bridgehead atoms. The van der Waals surface area contributed by atoms with Crippen LogP contribution in [0.15, 0.2) is 54.6 Å². The highest BCUT2D eigenvalue weighted by atomic mass is 35.5. The van der Waals surface area contributed by atoms with Crippen LogP contribution in [0.2, 0.25) is 5.02 Å². The summed E-state index contributed by atoms with van der Waals surface area (Å²) in [5.41, 5.74) is 1.87. The lowest BCUT2D eigenvalue weighted by atomic mass is 9.95. The van der Waals surface area contributed by atoms with Crippen LogP contribution in [0.3, 0.4) is 0 Å². The molecule has 0 aromatic heterocycles. The average Bonchev–Trinajstić information content (AvgIpc) is 2.73. The summed E-state index contributed by atoms with van der Waals surface area (Å²) in [6.07, 6.45) is 8.73. The Morgan fingerprint density at radius 1 is 1.04 bits per heavy atom. The van der Waals surface area contributed by atoms with Crippen molar-refractivity contribution in [2.24, 2.45) is 0 Å². The molecule has 1 aliphatic rings. The van der Waals surface area contributed by atoms with Crippen molar-refractivity contribution in [2.45, 2.75) is 38.1 Å². The standard InChI is InChI=1S/C23H25ClN2O2/c1-26(22(27)16-15-17-9-5-7-13-20(17)24)21-14-8-6-12-19(21)23(28)25-18-10-3-2-4-11-18/h5-9,12-16,18H,2-4,10-11H2,1H3,(H,25,28)/b16-15+. The normalized spacial score (nSPS) is 14.8. The third-order valence-corrected chi connectivity index (χ3v) is 5.44. The van der Waals surface area contributed by atoms with Crippen molar-refractivity contribution in [3.05, 3.63) is 70.8 Å². The molecule has 3 rings (SSSR count). The van der Waals surface area contributed by atoms with Crippen LogP contribution in [-0.2, 0) is 4.79 Å². The zero-order valence-corrected chi connectivity index (χ0v) is 16.8. The van der Waals surface area contributed by atoms with Crippen molar-refractivity contribution in [2.75, 3.05) is 11.9 Å². The highest BCUT2D eigenvalue weighted by Crippen LogP contribution is 2.23. The zero-order chi connectivity index (χ0) is 19.9. The van der Waals surface area contributed by atoms with Gasteiger partial charge in [0.2, 0.25) is 0 Å². The molecule has 146 valence electrons. The number of nitrogens with zero attached hydrogens (tertiary/aromatic N) is 1. The zero-order valence-electron chi connectivity index (χ0n) is 16.0. The largest absolute Gasteiger partial charge is 0.349 e. The summed E-state index contributed by atoms with van der Waals surface area (Å²) >= 11 is 6.13. The molecule has 2 aromatic carbocycles. The second kappa shape index (κ2) is 9.56. The smallest absolute Gasteiger partial charge is 0.253 e. The van der Waals surface area contributed by atoms with Gasteiger partial charge in [0.25, 0.3) is 11.8 Å². The molecule has 2 aromatic rings. The van der Waals surface area contributed by atoms with Crippen LogP contribution in [0, 0.1) is 0 Å². The minimum absolute atomic E-state index is 0.128. The van der Waals surface area contributed by atoms with E-state index >= 15 is 0 Å². The summed E-state index contributed by atoms with van der Waals surface area (Å²) in [5.74, 6) is -0.352. The first-order chi connectivity index (χ1) is 13.6. The number of benzene rings is 2. The van der Waals surface area contributed by atoms with Crippen LogP contribution in [0.5, 0.6) is 0 Å². The van der Waals surface area contributed by atoms with Gasteiger partial charge in [-0.3, -0.25) is 9.59 Å². The molecule has 1 fully saturated rings. The number of halogens is 1. The maximum Gasteiger partial charge on any atom is 0.253 e. The number of nitrogens with one attached hydrogen (secondary N) is 1. The van der Waals surface area contributed by atoms with E-state index in [0.717, 1.165) is 31.2 Å². The number of anilines is 1. The molecule has 0 atom stereocenters. The van der Waals surface area contributed by atoms with E-state index in [2.05, 4.69) is 5.32 Å². The third-order valence-electron chi connectivity index (χ3n) is 5.09. The Morgan fingerprint density at radius 3 is 2.46 bits per heavy atom. The number of likely N-dealkylation sites (N-methyl/N-ethyl adjacent to an activating group) is 1. The molecular weight excluding hydrogens is 372 g/mol. The van der Waals surface area contributed by atoms with Crippen molar-refractivity contribution >= 4 is 35.2 Å². The van der Waals surface area contributed by atoms with Crippen LogP contribution < -0.4 is 10.2 Å². The van der Waals surface area contributed by atoms with Crippen LogP contribution in [-0.4, -0.2) is 24.9 Å². The average molecular weight is 397 g/mol. The summed E-state index contributed by atoms with van der Waals surface area (Å²) in [6.45, 7) is 0. The Labute approximate surface area is 171 Å². The monoisotopic (exact) mass is 396 g/mol. The number of carbonyl (C=O) groups is 2. The lowest BCUT2D eigenvalue weighted by Gasteiger charge is -2.24. The molecule has 0 aliphatic heterocycles. The fourth-order valence-electron chi connectivity index (χ4n) is 3.47. The quantitative estimate of drug-likeness (QED) is 0.716. The van der Waals surface area contributed by atoms with E-state index in [9.17, 15) is 9.59 Å².